The van der Waals surface area contributed by atoms with E-state index in [0.29, 0.717) is 13.0 Å². The maximum absolute atomic E-state index is 12.2. The van der Waals surface area contributed by atoms with Crippen molar-refractivity contribution in [1.82, 2.24) is 20.8 Å². The Morgan fingerprint density at radius 2 is 2.14 bits per heavy atom. The lowest BCUT2D eigenvalue weighted by molar-refractivity contribution is -0.139. The number of nitrogens with zero attached hydrogens (tertiary/aromatic N) is 2. The van der Waals surface area contributed by atoms with Crippen molar-refractivity contribution in [3.63, 3.8) is 0 Å². The minimum atomic E-state index is -1.17. The van der Waals surface area contributed by atoms with Gasteiger partial charge in [-0.25, -0.2) is 20.1 Å². The van der Waals surface area contributed by atoms with Gasteiger partial charge in [0.2, 0.25) is 0 Å². The molecule has 3 aliphatic rings. The van der Waals surface area contributed by atoms with Crippen LogP contribution in [0.1, 0.15) is 19.3 Å². The zero-order valence-corrected chi connectivity index (χ0v) is 11.8. The molecule has 10 heteroatoms. The largest absolute Gasteiger partial charge is 0.465 e. The number of hydrogen-bond donors (Lipinski definition) is 4. The lowest BCUT2D eigenvalue weighted by Crippen LogP contribution is -2.52. The van der Waals surface area contributed by atoms with Gasteiger partial charge in [0.15, 0.2) is 0 Å². The quantitative estimate of drug-likeness (QED) is 0.303. The van der Waals surface area contributed by atoms with Crippen LogP contribution in [0.2, 0.25) is 0 Å². The van der Waals surface area contributed by atoms with Crippen LogP contribution in [0, 0.1) is 5.41 Å². The molecule has 1 spiro atoms. The van der Waals surface area contributed by atoms with Gasteiger partial charge in [0, 0.05) is 13.1 Å². The van der Waals surface area contributed by atoms with Crippen molar-refractivity contribution in [3.05, 3.63) is 0 Å². The summed E-state index contributed by atoms with van der Waals surface area (Å²) in [6.07, 6.45) is 1.12. The molecule has 0 unspecified atom stereocenters. The Hall–Kier alpha value is -2.07. The molecule has 0 radical (unpaired) electrons. The van der Waals surface area contributed by atoms with Crippen molar-refractivity contribution in [1.29, 1.82) is 0 Å². The molecule has 4 N–H and O–H groups in total. The van der Waals surface area contributed by atoms with Crippen LogP contribution in [0.5, 0.6) is 0 Å². The third-order valence-corrected chi connectivity index (χ3v) is 4.64. The van der Waals surface area contributed by atoms with Crippen molar-refractivity contribution in [2.45, 2.75) is 31.3 Å². The number of carbonyl (C=O) groups excluding carboxylic acids is 2. The van der Waals surface area contributed by atoms with Gasteiger partial charge in [-0.2, -0.15) is 0 Å². The molecule has 10 nitrogen and oxygen atoms in total. The number of hydrogen-bond acceptors (Lipinski definition) is 5. The summed E-state index contributed by atoms with van der Waals surface area (Å²) in [5, 5.41) is 21.1. The topological polar surface area (TPSA) is 131 Å². The van der Waals surface area contributed by atoms with Gasteiger partial charge in [-0.15, -0.1) is 0 Å². The van der Waals surface area contributed by atoms with E-state index < -0.39 is 24.1 Å². The summed E-state index contributed by atoms with van der Waals surface area (Å²) < 4.78 is 0. The third kappa shape index (κ3) is 2.44. The average molecular weight is 314 g/mol. The lowest BCUT2D eigenvalue weighted by atomic mass is 9.85. The Balaban J connectivity index is 1.54. The van der Waals surface area contributed by atoms with E-state index in [2.05, 4.69) is 10.8 Å². The summed E-state index contributed by atoms with van der Waals surface area (Å²) in [6.45, 7) is 0.367. The number of piperidine rings is 1. The molecule has 4 amide bonds. The van der Waals surface area contributed by atoms with Crippen molar-refractivity contribution in [2.75, 3.05) is 19.7 Å². The van der Waals surface area contributed by atoms with E-state index in [1.54, 1.807) is 0 Å². The molecule has 2 aliphatic heterocycles. The molecular weight excluding hydrogens is 296 g/mol. The van der Waals surface area contributed by atoms with Gasteiger partial charge in [0.05, 0.1) is 12.6 Å². The molecule has 2 saturated heterocycles. The zero-order chi connectivity index (χ0) is 15.9. The van der Waals surface area contributed by atoms with Gasteiger partial charge < -0.3 is 15.3 Å². The van der Waals surface area contributed by atoms with Crippen molar-refractivity contribution >= 4 is 18.0 Å². The van der Waals surface area contributed by atoms with Crippen LogP contribution in [-0.2, 0) is 9.63 Å². The Morgan fingerprint density at radius 1 is 1.41 bits per heavy atom. The van der Waals surface area contributed by atoms with E-state index in [1.807, 2.05) is 0 Å². The molecule has 1 aliphatic carbocycles. The summed E-state index contributed by atoms with van der Waals surface area (Å²) in [4.78, 5) is 40.7. The molecule has 2 bridgehead atoms. The molecule has 0 aromatic carbocycles. The Labute approximate surface area is 125 Å². The molecule has 2 heterocycles. The summed E-state index contributed by atoms with van der Waals surface area (Å²) in [5.74, 6) is -0.455. The van der Waals surface area contributed by atoms with Crippen LogP contribution in [0.15, 0.2) is 0 Å². The highest BCUT2D eigenvalue weighted by atomic mass is 16.7. The predicted molar refractivity (Wildman–Crippen MR) is 69.7 cm³/mol. The Bertz CT molecular complexity index is 508. The van der Waals surface area contributed by atoms with Crippen molar-refractivity contribution in [3.8, 4) is 0 Å². The van der Waals surface area contributed by atoms with Gasteiger partial charge in [-0.05, 0) is 24.7 Å². The fraction of sp³-hybridized carbons (Fsp3) is 0.750. The van der Waals surface area contributed by atoms with E-state index in [0.717, 1.165) is 17.9 Å². The molecule has 3 rings (SSSR count). The molecule has 2 atom stereocenters. The van der Waals surface area contributed by atoms with E-state index in [-0.39, 0.29) is 24.6 Å². The molecule has 122 valence electrons. The smallest absolute Gasteiger partial charge is 0.404 e. The van der Waals surface area contributed by atoms with Gasteiger partial charge >= 0.3 is 12.1 Å². The van der Waals surface area contributed by atoms with Gasteiger partial charge in [-0.3, -0.25) is 14.8 Å². The van der Waals surface area contributed by atoms with Crippen LogP contribution in [0.4, 0.5) is 9.59 Å². The molecule has 0 aromatic rings. The first-order valence-corrected chi connectivity index (χ1v) is 7.12. The number of fused-ring (bicyclic) bond motifs is 3. The van der Waals surface area contributed by atoms with Crippen molar-refractivity contribution < 1.29 is 29.5 Å². The second kappa shape index (κ2) is 5.29. The highest BCUT2D eigenvalue weighted by molar-refractivity contribution is 5.88. The molecular formula is C12H18N4O6. The summed E-state index contributed by atoms with van der Waals surface area (Å²) in [7, 11) is 0. The lowest BCUT2D eigenvalue weighted by Gasteiger charge is -2.35. The first kappa shape index (κ1) is 14.9. The standard InChI is InChI=1S/C12H18N4O6/c17-9(14-22-4-3-13-10(18)19)7-5-12(1-2-12)8-6-15(7)11(20)16(8)21/h7-8,13,21H,1-6H2,(H,14,17)(H,18,19)/t7-,8-/m0/s1. The molecule has 0 aromatic heterocycles. The highest BCUT2D eigenvalue weighted by Gasteiger charge is 2.63. The van der Waals surface area contributed by atoms with Crippen molar-refractivity contribution in [2.24, 2.45) is 5.41 Å². The molecule has 22 heavy (non-hydrogen) atoms. The molecule has 3 fully saturated rings. The minimum Gasteiger partial charge on any atom is -0.465 e. The first-order chi connectivity index (χ1) is 10.4. The fourth-order valence-electron chi connectivity index (χ4n) is 3.28. The maximum atomic E-state index is 12.2. The summed E-state index contributed by atoms with van der Waals surface area (Å²) in [5.41, 5.74) is 2.08. The van der Waals surface area contributed by atoms with Gasteiger partial charge in [0.1, 0.15) is 6.04 Å². The maximum Gasteiger partial charge on any atom is 0.404 e. The number of nitrogens with one attached hydrogen (secondary N) is 2. The predicted octanol–water partition coefficient (Wildman–Crippen LogP) is -0.650. The Kier molecular flexibility index (Phi) is 3.57. The summed E-state index contributed by atoms with van der Waals surface area (Å²) >= 11 is 0. The van der Waals surface area contributed by atoms with E-state index >= 15 is 0 Å². The van der Waals surface area contributed by atoms with Crippen LogP contribution in [0.3, 0.4) is 0 Å². The van der Waals surface area contributed by atoms with Crippen LogP contribution < -0.4 is 10.8 Å². The van der Waals surface area contributed by atoms with Gasteiger partial charge in [-0.1, -0.05) is 0 Å². The SMILES string of the molecule is O=C(O)NCCONC(=O)[C@@H]1CC2(CC2)[C@@H]2CN1C(=O)N2O. The number of carboxylic acid groups (broad SMARTS) is 1. The number of rotatable bonds is 5. The summed E-state index contributed by atoms with van der Waals surface area (Å²) in [6, 6.07) is -1.46. The highest BCUT2D eigenvalue weighted by Crippen LogP contribution is 2.58. The first-order valence-electron chi connectivity index (χ1n) is 7.12. The number of amides is 4. The Morgan fingerprint density at radius 3 is 2.77 bits per heavy atom. The second-order valence-electron chi connectivity index (χ2n) is 5.92. The minimum absolute atomic E-state index is 0.0153. The number of carbonyl (C=O) groups is 3. The number of hydroxylamine groups is 3. The van der Waals surface area contributed by atoms with Crippen LogP contribution in [-0.4, -0.2) is 70.1 Å². The molecule has 1 saturated carbocycles. The monoisotopic (exact) mass is 314 g/mol. The van der Waals surface area contributed by atoms with Gasteiger partial charge in [0.25, 0.3) is 5.91 Å². The van der Waals surface area contributed by atoms with E-state index in [4.69, 9.17) is 9.94 Å². The van der Waals surface area contributed by atoms with E-state index in [9.17, 15) is 19.6 Å². The normalized spacial score (nSPS) is 28.0. The van der Waals surface area contributed by atoms with E-state index in [1.165, 1.54) is 4.90 Å². The van der Waals surface area contributed by atoms with Crippen LogP contribution in [0.25, 0.3) is 0 Å². The third-order valence-electron chi connectivity index (χ3n) is 4.64. The van der Waals surface area contributed by atoms with Crippen LogP contribution >= 0.6 is 0 Å². The zero-order valence-electron chi connectivity index (χ0n) is 11.8. The number of urea groups is 1. The fourth-order valence-corrected chi connectivity index (χ4v) is 3.28. The average Bonchev–Trinajstić information content (AvgIpc) is 3.19. The second-order valence-corrected chi connectivity index (χ2v) is 5.92.